The van der Waals surface area contributed by atoms with Crippen LogP contribution >= 0.6 is 0 Å². The highest BCUT2D eigenvalue weighted by Gasteiger charge is 2.24. The normalized spacial score (nSPS) is 22.3. The van der Waals surface area contributed by atoms with Crippen LogP contribution in [0, 0.1) is 5.92 Å². The van der Waals surface area contributed by atoms with Gasteiger partial charge in [-0.1, -0.05) is 18.9 Å². The molecule has 1 aliphatic rings. The number of aliphatic hydroxyl groups excluding tert-OH is 1. The molecule has 0 spiro atoms. The molecule has 1 aliphatic carbocycles. The zero-order valence-electron chi connectivity index (χ0n) is 13.3. The monoisotopic (exact) mass is 293 g/mol. The predicted molar refractivity (Wildman–Crippen MR) is 83.8 cm³/mol. The summed E-state index contributed by atoms with van der Waals surface area (Å²) in [6.45, 7) is 1.74. The van der Waals surface area contributed by atoms with Gasteiger partial charge in [-0.25, -0.2) is 0 Å². The Kier molecular flexibility index (Phi) is 5.88. The van der Waals surface area contributed by atoms with Crippen LogP contribution in [0.5, 0.6) is 11.5 Å². The van der Waals surface area contributed by atoms with E-state index in [1.54, 1.807) is 14.2 Å². The maximum Gasteiger partial charge on any atom is 0.127 e. The number of benzene rings is 1. The number of methoxy groups -OCH3 is 2. The highest BCUT2D eigenvalue weighted by molar-refractivity contribution is 5.40. The Labute approximate surface area is 127 Å². The molecule has 0 aromatic heterocycles. The third-order valence-corrected chi connectivity index (χ3v) is 4.35. The molecule has 1 fully saturated rings. The molecule has 0 heterocycles. The molecule has 0 amide bonds. The summed E-state index contributed by atoms with van der Waals surface area (Å²) in [4.78, 5) is 2.27. The molecule has 2 unspecified atom stereocenters. The van der Waals surface area contributed by atoms with Gasteiger partial charge in [-0.2, -0.15) is 0 Å². The van der Waals surface area contributed by atoms with Gasteiger partial charge in [0, 0.05) is 24.7 Å². The molecule has 1 aromatic carbocycles. The zero-order chi connectivity index (χ0) is 15.2. The van der Waals surface area contributed by atoms with Gasteiger partial charge in [-0.05, 0) is 31.9 Å². The van der Waals surface area contributed by atoms with Crippen molar-refractivity contribution in [3.05, 3.63) is 23.8 Å². The molecule has 2 rings (SSSR count). The van der Waals surface area contributed by atoms with Crippen molar-refractivity contribution >= 4 is 0 Å². The summed E-state index contributed by atoms with van der Waals surface area (Å²) in [5, 5.41) is 10.1. The minimum atomic E-state index is -0.140. The van der Waals surface area contributed by atoms with Crippen LogP contribution < -0.4 is 9.47 Å². The van der Waals surface area contributed by atoms with Crippen LogP contribution in [0.4, 0.5) is 0 Å². The lowest BCUT2D eigenvalue weighted by Gasteiger charge is -2.31. The van der Waals surface area contributed by atoms with Gasteiger partial charge in [0.2, 0.25) is 0 Å². The Balaban J connectivity index is 1.97. The van der Waals surface area contributed by atoms with Gasteiger partial charge in [-0.3, -0.25) is 0 Å². The average Bonchev–Trinajstić information content (AvgIpc) is 2.50. The van der Waals surface area contributed by atoms with E-state index >= 15 is 0 Å². The van der Waals surface area contributed by atoms with Crippen LogP contribution in [0.15, 0.2) is 18.2 Å². The summed E-state index contributed by atoms with van der Waals surface area (Å²) < 4.78 is 10.7. The molecule has 21 heavy (non-hydrogen) atoms. The van der Waals surface area contributed by atoms with E-state index in [4.69, 9.17) is 9.47 Å². The summed E-state index contributed by atoms with van der Waals surface area (Å²) >= 11 is 0. The Morgan fingerprint density at radius 1 is 1.19 bits per heavy atom. The van der Waals surface area contributed by atoms with Gasteiger partial charge in [0.1, 0.15) is 11.5 Å². The molecule has 0 aliphatic heterocycles. The smallest absolute Gasteiger partial charge is 0.127 e. The number of rotatable bonds is 6. The SMILES string of the molecule is COc1ccc(CN(C)CC2CCCCC2O)c(OC)c1. The van der Waals surface area contributed by atoms with Gasteiger partial charge >= 0.3 is 0 Å². The summed E-state index contributed by atoms with van der Waals surface area (Å²) in [6.07, 6.45) is 4.34. The number of hydrogen-bond donors (Lipinski definition) is 1. The van der Waals surface area contributed by atoms with Crippen molar-refractivity contribution in [2.24, 2.45) is 5.92 Å². The Bertz CT molecular complexity index is 450. The molecule has 0 bridgehead atoms. The van der Waals surface area contributed by atoms with Crippen LogP contribution in [0.1, 0.15) is 31.2 Å². The molecule has 1 saturated carbocycles. The lowest BCUT2D eigenvalue weighted by atomic mass is 9.86. The van der Waals surface area contributed by atoms with Crippen molar-refractivity contribution in [2.75, 3.05) is 27.8 Å². The highest BCUT2D eigenvalue weighted by atomic mass is 16.5. The lowest BCUT2D eigenvalue weighted by molar-refractivity contribution is 0.0500. The molecule has 0 radical (unpaired) electrons. The third-order valence-electron chi connectivity index (χ3n) is 4.35. The summed E-state index contributed by atoms with van der Waals surface area (Å²) in [6, 6.07) is 5.92. The fourth-order valence-corrected chi connectivity index (χ4v) is 3.14. The van der Waals surface area contributed by atoms with Crippen molar-refractivity contribution in [1.29, 1.82) is 0 Å². The van der Waals surface area contributed by atoms with E-state index < -0.39 is 0 Å². The maximum absolute atomic E-state index is 10.1. The summed E-state index contributed by atoms with van der Waals surface area (Å²) in [7, 11) is 5.44. The Hall–Kier alpha value is -1.26. The quantitative estimate of drug-likeness (QED) is 0.875. The van der Waals surface area contributed by atoms with E-state index in [-0.39, 0.29) is 6.10 Å². The standard InChI is InChI=1S/C17H27NO3/c1-18(11-13-6-4-5-7-16(13)19)12-14-8-9-15(20-2)10-17(14)21-3/h8-10,13,16,19H,4-7,11-12H2,1-3H3. The molecule has 4 heteroatoms. The molecule has 0 saturated heterocycles. The molecule has 1 N–H and O–H groups in total. The largest absolute Gasteiger partial charge is 0.497 e. The Morgan fingerprint density at radius 3 is 2.62 bits per heavy atom. The van der Waals surface area contributed by atoms with E-state index in [1.807, 2.05) is 18.2 Å². The van der Waals surface area contributed by atoms with Gasteiger partial charge in [-0.15, -0.1) is 0 Å². The first-order valence-electron chi connectivity index (χ1n) is 7.71. The number of hydrogen-bond acceptors (Lipinski definition) is 4. The third kappa shape index (κ3) is 4.35. The van der Waals surface area contributed by atoms with Crippen molar-refractivity contribution in [2.45, 2.75) is 38.3 Å². The van der Waals surface area contributed by atoms with Gasteiger partial charge in [0.15, 0.2) is 0 Å². The molecular formula is C17H27NO3. The fraction of sp³-hybridized carbons (Fsp3) is 0.647. The van der Waals surface area contributed by atoms with E-state index in [9.17, 15) is 5.11 Å². The minimum Gasteiger partial charge on any atom is -0.497 e. The van der Waals surface area contributed by atoms with Crippen molar-refractivity contribution in [3.63, 3.8) is 0 Å². The van der Waals surface area contributed by atoms with Crippen LogP contribution in [-0.2, 0) is 6.54 Å². The molecule has 118 valence electrons. The number of aliphatic hydroxyl groups is 1. The maximum atomic E-state index is 10.1. The van der Waals surface area contributed by atoms with E-state index in [1.165, 1.54) is 6.42 Å². The fourth-order valence-electron chi connectivity index (χ4n) is 3.14. The number of ether oxygens (including phenoxy) is 2. The molecule has 4 nitrogen and oxygen atoms in total. The van der Waals surface area contributed by atoms with Gasteiger partial charge in [0.25, 0.3) is 0 Å². The first-order valence-corrected chi connectivity index (χ1v) is 7.71. The first kappa shape index (κ1) is 16.1. The van der Waals surface area contributed by atoms with Crippen molar-refractivity contribution < 1.29 is 14.6 Å². The highest BCUT2D eigenvalue weighted by Crippen LogP contribution is 2.28. The van der Waals surface area contributed by atoms with Crippen LogP contribution in [0.25, 0.3) is 0 Å². The summed E-state index contributed by atoms with van der Waals surface area (Å²) in [5.41, 5.74) is 1.14. The Morgan fingerprint density at radius 2 is 1.95 bits per heavy atom. The second-order valence-corrected chi connectivity index (χ2v) is 5.99. The molecular weight excluding hydrogens is 266 g/mol. The topological polar surface area (TPSA) is 41.9 Å². The van der Waals surface area contributed by atoms with Gasteiger partial charge in [0.05, 0.1) is 20.3 Å². The van der Waals surface area contributed by atoms with E-state index in [0.29, 0.717) is 5.92 Å². The first-order chi connectivity index (χ1) is 10.1. The van der Waals surface area contributed by atoms with Crippen LogP contribution in [0.2, 0.25) is 0 Å². The van der Waals surface area contributed by atoms with E-state index in [2.05, 4.69) is 11.9 Å². The average molecular weight is 293 g/mol. The molecule has 1 aromatic rings. The lowest BCUT2D eigenvalue weighted by Crippen LogP contribution is -2.34. The molecule has 2 atom stereocenters. The van der Waals surface area contributed by atoms with E-state index in [0.717, 1.165) is 49.4 Å². The minimum absolute atomic E-state index is 0.140. The van der Waals surface area contributed by atoms with Gasteiger partial charge < -0.3 is 19.5 Å². The second-order valence-electron chi connectivity index (χ2n) is 5.99. The zero-order valence-corrected chi connectivity index (χ0v) is 13.3. The second kappa shape index (κ2) is 7.66. The summed E-state index contributed by atoms with van der Waals surface area (Å²) in [5.74, 6) is 2.05. The predicted octanol–water partition coefficient (Wildman–Crippen LogP) is 2.69. The van der Waals surface area contributed by atoms with Crippen LogP contribution in [0.3, 0.4) is 0 Å². The van der Waals surface area contributed by atoms with Crippen LogP contribution in [-0.4, -0.2) is 43.9 Å². The number of nitrogens with zero attached hydrogens (tertiary/aromatic N) is 1. The van der Waals surface area contributed by atoms with Crippen molar-refractivity contribution in [1.82, 2.24) is 4.90 Å². The van der Waals surface area contributed by atoms with Crippen molar-refractivity contribution in [3.8, 4) is 11.5 Å².